The summed E-state index contributed by atoms with van der Waals surface area (Å²) in [5.41, 5.74) is 6.61. The van der Waals surface area contributed by atoms with Crippen LogP contribution < -0.4 is 10.6 Å². The molecular weight excluding hydrogens is 264 g/mol. The average Bonchev–Trinajstić information content (AvgIpc) is 2.44. The van der Waals surface area contributed by atoms with Crippen LogP contribution in [0.4, 0.5) is 5.82 Å². The van der Waals surface area contributed by atoms with Gasteiger partial charge in [0.1, 0.15) is 5.82 Å². The van der Waals surface area contributed by atoms with Crippen molar-refractivity contribution >= 4 is 22.6 Å². The van der Waals surface area contributed by atoms with Crippen molar-refractivity contribution in [3.8, 4) is 6.07 Å². The summed E-state index contributed by atoms with van der Waals surface area (Å²) in [5.74, 6) is 0.546. The number of hydrogen-bond acceptors (Lipinski definition) is 4. The molecule has 21 heavy (non-hydrogen) atoms. The lowest BCUT2D eigenvalue weighted by Crippen LogP contribution is -2.36. The molecule has 0 saturated carbocycles. The van der Waals surface area contributed by atoms with Crippen LogP contribution in [0.3, 0.4) is 0 Å². The van der Waals surface area contributed by atoms with Gasteiger partial charge in [-0.3, -0.25) is 4.79 Å². The Balaban J connectivity index is 2.52. The maximum absolute atomic E-state index is 11.3. The van der Waals surface area contributed by atoms with Crippen molar-refractivity contribution in [2.45, 2.75) is 13.8 Å². The molecule has 0 atom stereocenters. The van der Waals surface area contributed by atoms with E-state index in [4.69, 9.17) is 5.73 Å². The molecule has 1 aromatic heterocycles. The van der Waals surface area contributed by atoms with Crippen LogP contribution in [0.1, 0.15) is 19.4 Å². The SMILES string of the molecule is CC(C)CN(CC(N)=O)c1cc(C#N)c2ccccc2n1. The zero-order chi connectivity index (χ0) is 15.4. The minimum absolute atomic E-state index is 0.0917. The van der Waals surface area contributed by atoms with Crippen molar-refractivity contribution in [3.05, 3.63) is 35.9 Å². The van der Waals surface area contributed by atoms with E-state index < -0.39 is 5.91 Å². The Hall–Kier alpha value is -2.61. The number of para-hydroxylation sites is 1. The summed E-state index contributed by atoms with van der Waals surface area (Å²) in [7, 11) is 0. The van der Waals surface area contributed by atoms with Crippen LogP contribution in [0.5, 0.6) is 0 Å². The fourth-order valence-corrected chi connectivity index (χ4v) is 2.28. The number of primary amides is 1. The number of rotatable bonds is 5. The fourth-order valence-electron chi connectivity index (χ4n) is 2.28. The van der Waals surface area contributed by atoms with E-state index in [0.29, 0.717) is 23.8 Å². The van der Waals surface area contributed by atoms with Crippen molar-refractivity contribution in [2.24, 2.45) is 11.7 Å². The fraction of sp³-hybridized carbons (Fsp3) is 0.312. The maximum Gasteiger partial charge on any atom is 0.236 e. The normalized spacial score (nSPS) is 10.6. The number of anilines is 1. The molecule has 0 unspecified atom stereocenters. The molecule has 1 heterocycles. The first-order valence-corrected chi connectivity index (χ1v) is 6.84. The monoisotopic (exact) mass is 282 g/mol. The molecule has 2 rings (SSSR count). The van der Waals surface area contributed by atoms with Crippen LogP contribution in [-0.4, -0.2) is 24.0 Å². The second-order valence-electron chi connectivity index (χ2n) is 5.40. The molecule has 1 amide bonds. The summed E-state index contributed by atoms with van der Waals surface area (Å²) in [6.45, 7) is 4.86. The average molecular weight is 282 g/mol. The van der Waals surface area contributed by atoms with E-state index in [-0.39, 0.29) is 6.54 Å². The first kappa shape index (κ1) is 14.8. The van der Waals surface area contributed by atoms with Gasteiger partial charge < -0.3 is 10.6 Å². The Bertz CT molecular complexity index is 703. The van der Waals surface area contributed by atoms with Crippen molar-refractivity contribution in [3.63, 3.8) is 0 Å². The summed E-state index contributed by atoms with van der Waals surface area (Å²) in [6, 6.07) is 11.4. The lowest BCUT2D eigenvalue weighted by molar-refractivity contribution is -0.116. The predicted octanol–water partition coefficient (Wildman–Crippen LogP) is 2.05. The van der Waals surface area contributed by atoms with Gasteiger partial charge in [0, 0.05) is 11.9 Å². The summed E-state index contributed by atoms with van der Waals surface area (Å²) in [6.07, 6.45) is 0. The molecule has 0 aliphatic rings. The first-order valence-electron chi connectivity index (χ1n) is 6.84. The molecule has 1 aromatic carbocycles. The number of fused-ring (bicyclic) bond motifs is 1. The number of amides is 1. The van der Waals surface area contributed by atoms with E-state index in [1.54, 1.807) is 6.07 Å². The van der Waals surface area contributed by atoms with Crippen LogP contribution in [-0.2, 0) is 4.79 Å². The third kappa shape index (κ3) is 3.48. The number of carbonyl (C=O) groups excluding carboxylic acids is 1. The summed E-state index contributed by atoms with van der Waals surface area (Å²) in [4.78, 5) is 17.6. The molecule has 0 spiro atoms. The maximum atomic E-state index is 11.3. The number of pyridine rings is 1. The molecule has 0 aliphatic heterocycles. The number of benzene rings is 1. The first-order chi connectivity index (χ1) is 10.0. The highest BCUT2D eigenvalue weighted by Gasteiger charge is 2.15. The van der Waals surface area contributed by atoms with Gasteiger partial charge in [-0.2, -0.15) is 5.26 Å². The van der Waals surface area contributed by atoms with Gasteiger partial charge in [0.05, 0.1) is 23.7 Å². The van der Waals surface area contributed by atoms with Crippen LogP contribution in [0, 0.1) is 17.2 Å². The van der Waals surface area contributed by atoms with Gasteiger partial charge in [0.25, 0.3) is 0 Å². The molecule has 0 radical (unpaired) electrons. The topological polar surface area (TPSA) is 83.0 Å². The van der Waals surface area contributed by atoms with Crippen molar-refractivity contribution in [1.82, 2.24) is 4.98 Å². The van der Waals surface area contributed by atoms with Crippen LogP contribution in [0.2, 0.25) is 0 Å². The molecule has 0 saturated heterocycles. The largest absolute Gasteiger partial charge is 0.368 e. The molecule has 5 heteroatoms. The highest BCUT2D eigenvalue weighted by Crippen LogP contribution is 2.23. The van der Waals surface area contributed by atoms with Crippen LogP contribution >= 0.6 is 0 Å². The second-order valence-corrected chi connectivity index (χ2v) is 5.40. The minimum Gasteiger partial charge on any atom is -0.368 e. The Morgan fingerprint density at radius 1 is 1.43 bits per heavy atom. The highest BCUT2D eigenvalue weighted by atomic mass is 16.1. The van der Waals surface area contributed by atoms with Crippen LogP contribution in [0.25, 0.3) is 10.9 Å². The molecule has 0 fully saturated rings. The van der Waals surface area contributed by atoms with Gasteiger partial charge in [-0.1, -0.05) is 32.0 Å². The Labute approximate surface area is 124 Å². The smallest absolute Gasteiger partial charge is 0.236 e. The zero-order valence-corrected chi connectivity index (χ0v) is 12.2. The lowest BCUT2D eigenvalue weighted by atomic mass is 10.1. The van der Waals surface area contributed by atoms with E-state index >= 15 is 0 Å². The molecule has 0 bridgehead atoms. The van der Waals surface area contributed by atoms with Gasteiger partial charge in [0.2, 0.25) is 5.91 Å². The third-order valence-corrected chi connectivity index (χ3v) is 3.08. The number of nitriles is 1. The van der Waals surface area contributed by atoms with Gasteiger partial charge in [-0.05, 0) is 18.1 Å². The van der Waals surface area contributed by atoms with Gasteiger partial charge >= 0.3 is 0 Å². The molecular formula is C16H18N4O. The number of nitrogens with zero attached hydrogens (tertiary/aromatic N) is 3. The zero-order valence-electron chi connectivity index (χ0n) is 12.2. The summed E-state index contributed by atoms with van der Waals surface area (Å²) >= 11 is 0. The van der Waals surface area contributed by atoms with E-state index in [0.717, 1.165) is 10.9 Å². The van der Waals surface area contributed by atoms with E-state index in [2.05, 4.69) is 24.9 Å². The van der Waals surface area contributed by atoms with Gasteiger partial charge in [0.15, 0.2) is 0 Å². The Morgan fingerprint density at radius 3 is 2.76 bits per heavy atom. The summed E-state index contributed by atoms with van der Waals surface area (Å²) < 4.78 is 0. The Kier molecular flexibility index (Phi) is 4.39. The number of carbonyl (C=O) groups is 1. The van der Waals surface area contributed by atoms with Crippen molar-refractivity contribution < 1.29 is 4.79 Å². The second kappa shape index (κ2) is 6.23. The molecule has 0 aliphatic carbocycles. The number of nitrogens with two attached hydrogens (primary N) is 1. The number of hydrogen-bond donors (Lipinski definition) is 1. The molecule has 5 nitrogen and oxygen atoms in total. The molecule has 108 valence electrons. The van der Waals surface area contributed by atoms with Crippen molar-refractivity contribution in [1.29, 1.82) is 5.26 Å². The van der Waals surface area contributed by atoms with E-state index in [9.17, 15) is 10.1 Å². The predicted molar refractivity (Wildman–Crippen MR) is 82.7 cm³/mol. The molecule has 2 N–H and O–H groups in total. The van der Waals surface area contributed by atoms with Gasteiger partial charge in [-0.15, -0.1) is 0 Å². The summed E-state index contributed by atoms with van der Waals surface area (Å²) in [5, 5.41) is 10.1. The molecule has 2 aromatic rings. The Morgan fingerprint density at radius 2 is 2.14 bits per heavy atom. The quantitative estimate of drug-likeness (QED) is 0.909. The minimum atomic E-state index is -0.413. The number of aromatic nitrogens is 1. The standard InChI is InChI=1S/C16H18N4O/c1-11(2)9-20(10-15(18)21)16-7-12(8-17)13-5-3-4-6-14(13)19-16/h3-7,11H,9-10H2,1-2H3,(H2,18,21). The highest BCUT2D eigenvalue weighted by molar-refractivity contribution is 5.87. The van der Waals surface area contributed by atoms with Gasteiger partial charge in [-0.25, -0.2) is 4.98 Å². The van der Waals surface area contributed by atoms with Crippen LogP contribution in [0.15, 0.2) is 30.3 Å². The van der Waals surface area contributed by atoms with E-state index in [1.807, 2.05) is 29.2 Å². The van der Waals surface area contributed by atoms with Crippen molar-refractivity contribution in [2.75, 3.05) is 18.0 Å². The lowest BCUT2D eigenvalue weighted by Gasteiger charge is -2.24. The van der Waals surface area contributed by atoms with E-state index in [1.165, 1.54) is 0 Å². The third-order valence-electron chi connectivity index (χ3n) is 3.08.